The maximum atomic E-state index is 11.9. The average molecular weight is 252 g/mol. The molecule has 0 aromatic heterocycles. The van der Waals surface area contributed by atoms with Crippen molar-refractivity contribution in [1.29, 1.82) is 0 Å². The molecule has 100 valence electrons. The summed E-state index contributed by atoms with van der Waals surface area (Å²) in [4.78, 5) is 22.8. The molecule has 2 aliphatic rings. The van der Waals surface area contributed by atoms with Gasteiger partial charge in [-0.15, -0.1) is 0 Å². The Kier molecular flexibility index (Phi) is 4.30. The van der Waals surface area contributed by atoms with Gasteiger partial charge in [-0.05, 0) is 32.7 Å². The largest absolute Gasteiger partial charge is 0.348 e. The number of carbonyl (C=O) groups is 2. The standard InChI is InChI=1S/C12H20N4O2/c1-13-8-2-4-9(5-3-8)14-12(18)10-6-7-11(17)16-15-10/h8-9,13H,2-7H2,1H3,(H,14,18)(H,16,17). The summed E-state index contributed by atoms with van der Waals surface area (Å²) in [7, 11) is 1.98. The van der Waals surface area contributed by atoms with Crippen LogP contribution in [0.1, 0.15) is 38.5 Å². The second-order valence-electron chi connectivity index (χ2n) is 4.90. The summed E-state index contributed by atoms with van der Waals surface area (Å²) in [6.07, 6.45) is 4.95. The van der Waals surface area contributed by atoms with Crippen LogP contribution in [0, 0.1) is 0 Å². The highest BCUT2D eigenvalue weighted by atomic mass is 16.2. The van der Waals surface area contributed by atoms with E-state index in [4.69, 9.17) is 0 Å². The first-order chi connectivity index (χ1) is 8.69. The topological polar surface area (TPSA) is 82.6 Å². The van der Waals surface area contributed by atoms with E-state index in [-0.39, 0.29) is 17.9 Å². The normalized spacial score (nSPS) is 28.3. The van der Waals surface area contributed by atoms with E-state index in [0.29, 0.717) is 24.6 Å². The number of carbonyl (C=O) groups excluding carboxylic acids is 2. The van der Waals surface area contributed by atoms with E-state index >= 15 is 0 Å². The Morgan fingerprint density at radius 3 is 2.44 bits per heavy atom. The van der Waals surface area contributed by atoms with Gasteiger partial charge in [-0.1, -0.05) is 0 Å². The van der Waals surface area contributed by atoms with E-state index in [0.717, 1.165) is 25.7 Å². The molecule has 1 aliphatic heterocycles. The molecule has 0 saturated heterocycles. The van der Waals surface area contributed by atoms with Crippen LogP contribution in [0.2, 0.25) is 0 Å². The van der Waals surface area contributed by atoms with Gasteiger partial charge in [0, 0.05) is 24.9 Å². The Bertz CT molecular complexity index is 359. The predicted molar refractivity (Wildman–Crippen MR) is 68.1 cm³/mol. The zero-order valence-corrected chi connectivity index (χ0v) is 10.7. The minimum Gasteiger partial charge on any atom is -0.348 e. The third kappa shape index (κ3) is 3.29. The van der Waals surface area contributed by atoms with Crippen molar-refractivity contribution < 1.29 is 9.59 Å². The van der Waals surface area contributed by atoms with E-state index in [2.05, 4.69) is 21.2 Å². The molecule has 0 radical (unpaired) electrons. The molecule has 3 N–H and O–H groups in total. The van der Waals surface area contributed by atoms with Crippen LogP contribution in [0.3, 0.4) is 0 Å². The summed E-state index contributed by atoms with van der Waals surface area (Å²) in [5.74, 6) is -0.260. The summed E-state index contributed by atoms with van der Waals surface area (Å²) in [6, 6.07) is 0.812. The monoisotopic (exact) mass is 252 g/mol. The van der Waals surface area contributed by atoms with E-state index < -0.39 is 0 Å². The summed E-state index contributed by atoms with van der Waals surface area (Å²) in [5.41, 5.74) is 2.78. The molecule has 1 heterocycles. The Morgan fingerprint density at radius 2 is 1.89 bits per heavy atom. The molecule has 2 rings (SSSR count). The van der Waals surface area contributed by atoms with Crippen LogP contribution in [0.4, 0.5) is 0 Å². The molecule has 1 saturated carbocycles. The maximum Gasteiger partial charge on any atom is 0.267 e. The smallest absolute Gasteiger partial charge is 0.267 e. The fraction of sp³-hybridized carbons (Fsp3) is 0.750. The molecule has 0 bridgehead atoms. The van der Waals surface area contributed by atoms with Gasteiger partial charge in [-0.2, -0.15) is 5.10 Å². The lowest BCUT2D eigenvalue weighted by Gasteiger charge is -2.29. The number of hydrogen-bond donors (Lipinski definition) is 3. The van der Waals surface area contributed by atoms with Gasteiger partial charge in [0.25, 0.3) is 5.91 Å². The molecule has 0 aromatic carbocycles. The van der Waals surface area contributed by atoms with Gasteiger partial charge in [-0.25, -0.2) is 5.43 Å². The number of rotatable bonds is 3. The first-order valence-electron chi connectivity index (χ1n) is 6.52. The number of nitrogens with one attached hydrogen (secondary N) is 3. The quantitative estimate of drug-likeness (QED) is 0.656. The van der Waals surface area contributed by atoms with Gasteiger partial charge in [0.1, 0.15) is 5.71 Å². The number of hydrazone groups is 1. The van der Waals surface area contributed by atoms with Gasteiger partial charge in [0.2, 0.25) is 5.91 Å². The van der Waals surface area contributed by atoms with E-state index in [9.17, 15) is 9.59 Å². The van der Waals surface area contributed by atoms with E-state index in [1.807, 2.05) is 7.05 Å². The van der Waals surface area contributed by atoms with Crippen LogP contribution in [0.25, 0.3) is 0 Å². The Labute approximate surface area is 107 Å². The molecule has 0 aromatic rings. The maximum absolute atomic E-state index is 11.9. The fourth-order valence-corrected chi connectivity index (χ4v) is 2.43. The van der Waals surface area contributed by atoms with Crippen molar-refractivity contribution in [3.05, 3.63) is 0 Å². The highest BCUT2D eigenvalue weighted by molar-refractivity contribution is 6.39. The van der Waals surface area contributed by atoms with Crippen LogP contribution < -0.4 is 16.1 Å². The van der Waals surface area contributed by atoms with Crippen LogP contribution in [-0.4, -0.2) is 36.7 Å². The molecule has 0 atom stereocenters. The summed E-state index contributed by atoms with van der Waals surface area (Å²) >= 11 is 0. The summed E-state index contributed by atoms with van der Waals surface area (Å²) in [5, 5.41) is 10.1. The van der Waals surface area contributed by atoms with Crippen molar-refractivity contribution in [1.82, 2.24) is 16.1 Å². The third-order valence-corrected chi connectivity index (χ3v) is 3.64. The molecule has 0 spiro atoms. The van der Waals surface area contributed by atoms with E-state index in [1.165, 1.54) is 0 Å². The first kappa shape index (κ1) is 13.0. The Balaban J connectivity index is 1.80. The fourth-order valence-electron chi connectivity index (χ4n) is 2.43. The molecule has 1 aliphatic carbocycles. The molecular weight excluding hydrogens is 232 g/mol. The zero-order chi connectivity index (χ0) is 13.0. The van der Waals surface area contributed by atoms with Crippen molar-refractivity contribution in [2.75, 3.05) is 7.05 Å². The lowest BCUT2D eigenvalue weighted by atomic mass is 9.91. The zero-order valence-electron chi connectivity index (χ0n) is 10.7. The number of amides is 2. The molecule has 2 amide bonds. The van der Waals surface area contributed by atoms with Gasteiger partial charge < -0.3 is 10.6 Å². The SMILES string of the molecule is CNC1CCC(NC(=O)C2=NNC(=O)CC2)CC1. The molecule has 6 nitrogen and oxygen atoms in total. The Morgan fingerprint density at radius 1 is 1.22 bits per heavy atom. The van der Waals surface area contributed by atoms with Crippen molar-refractivity contribution in [3.63, 3.8) is 0 Å². The third-order valence-electron chi connectivity index (χ3n) is 3.64. The second kappa shape index (κ2) is 5.95. The molecule has 1 fully saturated rings. The van der Waals surface area contributed by atoms with Gasteiger partial charge in [0.15, 0.2) is 0 Å². The second-order valence-corrected chi connectivity index (χ2v) is 4.90. The highest BCUT2D eigenvalue weighted by Crippen LogP contribution is 2.18. The number of hydrogen-bond acceptors (Lipinski definition) is 4. The van der Waals surface area contributed by atoms with Crippen LogP contribution in [0.5, 0.6) is 0 Å². The van der Waals surface area contributed by atoms with Crippen molar-refractivity contribution >= 4 is 17.5 Å². The average Bonchev–Trinajstić information content (AvgIpc) is 2.40. The van der Waals surface area contributed by atoms with Crippen molar-refractivity contribution in [3.8, 4) is 0 Å². The van der Waals surface area contributed by atoms with Gasteiger partial charge in [0.05, 0.1) is 0 Å². The molecule has 6 heteroatoms. The van der Waals surface area contributed by atoms with Crippen molar-refractivity contribution in [2.45, 2.75) is 50.6 Å². The minimum absolute atomic E-state index is 0.124. The van der Waals surface area contributed by atoms with Crippen LogP contribution in [0.15, 0.2) is 5.10 Å². The highest BCUT2D eigenvalue weighted by Gasteiger charge is 2.24. The van der Waals surface area contributed by atoms with Crippen molar-refractivity contribution in [2.24, 2.45) is 5.10 Å². The van der Waals surface area contributed by atoms with E-state index in [1.54, 1.807) is 0 Å². The minimum atomic E-state index is -0.136. The lowest BCUT2D eigenvalue weighted by molar-refractivity contribution is -0.121. The van der Waals surface area contributed by atoms with Gasteiger partial charge >= 0.3 is 0 Å². The molecular formula is C12H20N4O2. The molecule has 0 unspecified atom stereocenters. The number of nitrogens with zero attached hydrogens (tertiary/aromatic N) is 1. The summed E-state index contributed by atoms with van der Waals surface area (Å²) in [6.45, 7) is 0. The first-order valence-corrected chi connectivity index (χ1v) is 6.52. The predicted octanol–water partition coefficient (Wildman–Crippen LogP) is -0.101. The Hall–Kier alpha value is -1.43. The van der Waals surface area contributed by atoms with Gasteiger partial charge in [-0.3, -0.25) is 9.59 Å². The molecule has 18 heavy (non-hydrogen) atoms. The van der Waals surface area contributed by atoms with Crippen LogP contribution >= 0.6 is 0 Å². The van der Waals surface area contributed by atoms with Crippen LogP contribution in [-0.2, 0) is 9.59 Å². The summed E-state index contributed by atoms with van der Waals surface area (Å²) < 4.78 is 0. The lowest BCUT2D eigenvalue weighted by Crippen LogP contribution is -2.45.